The second-order valence-electron chi connectivity index (χ2n) is 5.00. The zero-order chi connectivity index (χ0) is 16.2. The van der Waals surface area contributed by atoms with Crippen LogP contribution in [0, 0.1) is 0 Å². The Labute approximate surface area is 148 Å². The van der Waals surface area contributed by atoms with Crippen LogP contribution in [0.4, 0.5) is 5.00 Å². The number of amides is 1. The van der Waals surface area contributed by atoms with Crippen LogP contribution in [0.2, 0.25) is 0 Å². The van der Waals surface area contributed by atoms with Crippen molar-refractivity contribution >= 4 is 34.7 Å². The molecule has 0 aliphatic heterocycles. The number of furan rings is 1. The van der Waals surface area contributed by atoms with E-state index in [0.29, 0.717) is 28.7 Å². The van der Waals surface area contributed by atoms with E-state index < -0.39 is 0 Å². The molecule has 1 unspecified atom stereocenters. The number of rotatable bonds is 6. The van der Waals surface area contributed by atoms with E-state index in [-0.39, 0.29) is 30.1 Å². The van der Waals surface area contributed by atoms with Gasteiger partial charge in [0.25, 0.3) is 11.8 Å². The molecular weight excluding hydrogens is 352 g/mol. The van der Waals surface area contributed by atoms with Gasteiger partial charge in [0.15, 0.2) is 11.6 Å². The van der Waals surface area contributed by atoms with Gasteiger partial charge in [-0.15, -0.1) is 23.7 Å². The van der Waals surface area contributed by atoms with Crippen molar-refractivity contribution in [1.82, 2.24) is 15.5 Å². The number of nitrogens with one attached hydrogen (secondary N) is 2. The largest absolute Gasteiger partial charge is 0.459 e. The minimum Gasteiger partial charge on any atom is -0.459 e. The number of thiophene rings is 1. The van der Waals surface area contributed by atoms with E-state index in [1.54, 1.807) is 12.1 Å². The van der Waals surface area contributed by atoms with Crippen LogP contribution < -0.4 is 10.6 Å². The molecule has 9 heteroatoms. The maximum Gasteiger partial charge on any atom is 0.291 e. The van der Waals surface area contributed by atoms with Crippen molar-refractivity contribution < 1.29 is 13.7 Å². The van der Waals surface area contributed by atoms with Crippen molar-refractivity contribution in [3.05, 3.63) is 41.4 Å². The average molecular weight is 369 g/mol. The molecule has 7 nitrogen and oxygen atoms in total. The predicted octanol–water partition coefficient (Wildman–Crippen LogP) is 3.22. The Morgan fingerprint density at radius 2 is 2.25 bits per heavy atom. The predicted molar refractivity (Wildman–Crippen MR) is 93.7 cm³/mol. The van der Waals surface area contributed by atoms with Gasteiger partial charge in [-0.2, -0.15) is 4.98 Å². The van der Waals surface area contributed by atoms with Gasteiger partial charge in [-0.25, -0.2) is 0 Å². The molecule has 3 heterocycles. The van der Waals surface area contributed by atoms with Crippen molar-refractivity contribution in [3.63, 3.8) is 0 Å². The Bertz CT molecular complexity index is 784. The Hall–Kier alpha value is -2.16. The van der Waals surface area contributed by atoms with Gasteiger partial charge >= 0.3 is 0 Å². The summed E-state index contributed by atoms with van der Waals surface area (Å²) in [6.45, 7) is 2.04. The zero-order valence-electron chi connectivity index (χ0n) is 13.1. The quantitative estimate of drug-likeness (QED) is 0.693. The summed E-state index contributed by atoms with van der Waals surface area (Å²) in [5, 5.41) is 12.4. The summed E-state index contributed by atoms with van der Waals surface area (Å²) in [6.07, 6.45) is 2.12. The van der Waals surface area contributed by atoms with Crippen LogP contribution in [0.5, 0.6) is 0 Å². The highest BCUT2D eigenvalue weighted by molar-refractivity contribution is 7.15. The van der Waals surface area contributed by atoms with Gasteiger partial charge < -0.3 is 19.6 Å². The van der Waals surface area contributed by atoms with Crippen molar-refractivity contribution in [3.8, 4) is 11.5 Å². The molecule has 0 spiro atoms. The number of carbonyl (C=O) groups is 1. The Morgan fingerprint density at radius 3 is 2.96 bits per heavy atom. The molecule has 0 aromatic carbocycles. The van der Waals surface area contributed by atoms with Crippen LogP contribution in [0.25, 0.3) is 11.5 Å². The smallest absolute Gasteiger partial charge is 0.291 e. The Kier molecular flexibility index (Phi) is 6.13. The zero-order valence-corrected chi connectivity index (χ0v) is 14.7. The Balaban J connectivity index is 0.00000208. The maximum absolute atomic E-state index is 12.1. The first-order valence-corrected chi connectivity index (χ1v) is 7.98. The molecule has 0 saturated heterocycles. The summed E-state index contributed by atoms with van der Waals surface area (Å²) in [5.74, 6) is 0.941. The van der Waals surface area contributed by atoms with E-state index in [9.17, 15) is 4.79 Å². The highest BCUT2D eigenvalue weighted by Gasteiger charge is 2.18. The van der Waals surface area contributed by atoms with E-state index in [1.165, 1.54) is 17.6 Å². The lowest BCUT2D eigenvalue weighted by molar-refractivity contribution is 0.0997. The first-order chi connectivity index (χ1) is 11.2. The molecule has 1 amide bonds. The lowest BCUT2D eigenvalue weighted by atomic mass is 10.2. The van der Waals surface area contributed by atoms with Crippen molar-refractivity contribution in [2.24, 2.45) is 0 Å². The topological polar surface area (TPSA) is 93.2 Å². The number of nitrogens with zero attached hydrogens (tertiary/aromatic N) is 2. The molecule has 1 atom stereocenters. The summed E-state index contributed by atoms with van der Waals surface area (Å²) < 4.78 is 10.4. The first-order valence-electron chi connectivity index (χ1n) is 7.10. The van der Waals surface area contributed by atoms with Gasteiger partial charge in [0.2, 0.25) is 0 Å². The average Bonchev–Trinajstić information content (AvgIpc) is 3.28. The maximum atomic E-state index is 12.1. The molecule has 0 aliphatic carbocycles. The van der Waals surface area contributed by atoms with Gasteiger partial charge in [-0.3, -0.25) is 4.79 Å². The standard InChI is InChI=1S/C15H16N4O3S.ClH/c1-9(16-2)8-12-17-14(22-19-12)10-5-7-23-15(10)18-13(20)11-4-3-6-21-11;/h3-7,9,16H,8H2,1-2H3,(H,18,20);1H. The van der Waals surface area contributed by atoms with Crippen LogP contribution in [-0.4, -0.2) is 29.1 Å². The summed E-state index contributed by atoms with van der Waals surface area (Å²) in [6, 6.07) is 5.35. The van der Waals surface area contributed by atoms with Crippen LogP contribution in [-0.2, 0) is 6.42 Å². The van der Waals surface area contributed by atoms with E-state index in [4.69, 9.17) is 8.94 Å². The third-order valence-corrected chi connectivity index (χ3v) is 4.15. The number of aromatic nitrogens is 2. The number of hydrogen-bond acceptors (Lipinski definition) is 7. The summed E-state index contributed by atoms with van der Waals surface area (Å²) in [7, 11) is 1.88. The molecule has 3 rings (SSSR count). The molecule has 2 N–H and O–H groups in total. The molecule has 128 valence electrons. The molecule has 0 fully saturated rings. The van der Waals surface area contributed by atoms with E-state index >= 15 is 0 Å². The number of halogens is 1. The molecule has 3 aromatic rings. The Morgan fingerprint density at radius 1 is 1.42 bits per heavy atom. The number of hydrogen-bond donors (Lipinski definition) is 2. The third kappa shape index (κ3) is 4.02. The minimum atomic E-state index is -0.317. The van der Waals surface area contributed by atoms with Crippen molar-refractivity contribution in [1.29, 1.82) is 0 Å². The van der Waals surface area contributed by atoms with Crippen LogP contribution in [0.15, 0.2) is 38.8 Å². The normalized spacial score (nSPS) is 11.8. The third-order valence-electron chi connectivity index (χ3n) is 3.32. The van der Waals surface area contributed by atoms with Crippen LogP contribution in [0.1, 0.15) is 23.3 Å². The number of anilines is 1. The van der Waals surface area contributed by atoms with Gasteiger partial charge in [0, 0.05) is 12.5 Å². The fraction of sp³-hybridized carbons (Fsp3) is 0.267. The van der Waals surface area contributed by atoms with Gasteiger partial charge in [0.1, 0.15) is 5.00 Å². The number of likely N-dealkylation sites (N-methyl/N-ethyl adjacent to an activating group) is 1. The second kappa shape index (κ2) is 8.09. The lowest BCUT2D eigenvalue weighted by Crippen LogP contribution is -2.24. The van der Waals surface area contributed by atoms with E-state index in [2.05, 4.69) is 20.8 Å². The minimum absolute atomic E-state index is 0. The molecular formula is C15H17ClN4O3S. The molecule has 3 aromatic heterocycles. The lowest BCUT2D eigenvalue weighted by Gasteiger charge is -2.04. The molecule has 24 heavy (non-hydrogen) atoms. The van der Waals surface area contributed by atoms with Crippen molar-refractivity contribution in [2.45, 2.75) is 19.4 Å². The van der Waals surface area contributed by atoms with Crippen molar-refractivity contribution in [2.75, 3.05) is 12.4 Å². The second-order valence-corrected chi connectivity index (χ2v) is 5.92. The van der Waals surface area contributed by atoms with Gasteiger partial charge in [-0.05, 0) is 37.6 Å². The fourth-order valence-electron chi connectivity index (χ4n) is 1.97. The van der Waals surface area contributed by atoms with Gasteiger partial charge in [-0.1, -0.05) is 5.16 Å². The summed E-state index contributed by atoms with van der Waals surface area (Å²) in [5.41, 5.74) is 0.700. The summed E-state index contributed by atoms with van der Waals surface area (Å²) in [4.78, 5) is 16.5. The molecule has 0 bridgehead atoms. The fourth-order valence-corrected chi connectivity index (χ4v) is 2.74. The van der Waals surface area contributed by atoms with Gasteiger partial charge in [0.05, 0.1) is 11.8 Å². The molecule has 0 saturated carbocycles. The molecule has 0 aliphatic rings. The highest BCUT2D eigenvalue weighted by atomic mass is 35.5. The van der Waals surface area contributed by atoms with E-state index in [0.717, 1.165) is 0 Å². The van der Waals surface area contributed by atoms with Crippen LogP contribution in [0.3, 0.4) is 0 Å². The summed E-state index contributed by atoms with van der Waals surface area (Å²) >= 11 is 1.38. The SMILES string of the molecule is CNC(C)Cc1noc(-c2ccsc2NC(=O)c2ccco2)n1.Cl. The first kappa shape index (κ1) is 18.2. The van der Waals surface area contributed by atoms with E-state index in [1.807, 2.05) is 25.4 Å². The van der Waals surface area contributed by atoms with Crippen LogP contribution >= 0.6 is 23.7 Å². The monoisotopic (exact) mass is 368 g/mol. The molecule has 0 radical (unpaired) electrons. The highest BCUT2D eigenvalue weighted by Crippen LogP contribution is 2.32. The number of carbonyl (C=O) groups excluding carboxylic acids is 1.